The Balaban J connectivity index is 1.90. The van der Waals surface area contributed by atoms with Gasteiger partial charge in [0, 0.05) is 6.04 Å². The van der Waals surface area contributed by atoms with Gasteiger partial charge < -0.3 is 9.73 Å². The number of rotatable bonds is 4. The van der Waals surface area contributed by atoms with Crippen molar-refractivity contribution in [2.75, 3.05) is 0 Å². The highest BCUT2D eigenvalue weighted by Crippen LogP contribution is 2.11. The van der Waals surface area contributed by atoms with Gasteiger partial charge in [-0.1, -0.05) is 30.3 Å². The number of hydrogen-bond acceptors (Lipinski definition) is 3. The number of oxazole rings is 1. The number of hydrogen-bond donors (Lipinski definition) is 1. The second kappa shape index (κ2) is 4.75. The number of aromatic nitrogens is 1. The van der Waals surface area contributed by atoms with Gasteiger partial charge in [-0.25, -0.2) is 4.98 Å². The lowest BCUT2D eigenvalue weighted by atomic mass is 10.1. The molecule has 2 rings (SSSR count). The fourth-order valence-electron chi connectivity index (χ4n) is 1.44. The molecule has 0 spiro atoms. The van der Waals surface area contributed by atoms with Crippen molar-refractivity contribution in [3.05, 3.63) is 54.2 Å². The Morgan fingerprint density at radius 3 is 2.80 bits per heavy atom. The summed E-state index contributed by atoms with van der Waals surface area (Å²) in [6, 6.07) is 10.6. The standard InChI is InChI=1S/C12H14N2O/c1-10(11-5-3-2-4-6-11)14-8-12-7-13-9-15-12/h2-7,9-10,14H,8H2,1H3/t10-/m1/s1. The van der Waals surface area contributed by atoms with Crippen LogP contribution < -0.4 is 5.32 Å². The van der Waals surface area contributed by atoms with Gasteiger partial charge in [0.15, 0.2) is 6.39 Å². The summed E-state index contributed by atoms with van der Waals surface area (Å²) in [7, 11) is 0. The molecule has 0 unspecified atom stereocenters. The average molecular weight is 202 g/mol. The molecule has 1 aromatic heterocycles. The SMILES string of the molecule is C[C@@H](NCc1cnco1)c1ccccc1. The van der Waals surface area contributed by atoms with E-state index in [1.54, 1.807) is 6.20 Å². The molecule has 3 nitrogen and oxygen atoms in total. The van der Waals surface area contributed by atoms with Crippen molar-refractivity contribution >= 4 is 0 Å². The first-order valence-electron chi connectivity index (χ1n) is 5.02. The van der Waals surface area contributed by atoms with Gasteiger partial charge in [0.25, 0.3) is 0 Å². The summed E-state index contributed by atoms with van der Waals surface area (Å²) >= 11 is 0. The third-order valence-corrected chi connectivity index (χ3v) is 2.37. The quantitative estimate of drug-likeness (QED) is 0.827. The van der Waals surface area contributed by atoms with Gasteiger partial charge in [-0.2, -0.15) is 0 Å². The Morgan fingerprint density at radius 2 is 2.13 bits per heavy atom. The molecule has 0 radical (unpaired) electrons. The minimum Gasteiger partial charge on any atom is -0.447 e. The largest absolute Gasteiger partial charge is 0.447 e. The normalized spacial score (nSPS) is 12.6. The number of nitrogens with zero attached hydrogens (tertiary/aromatic N) is 1. The van der Waals surface area contributed by atoms with Crippen LogP contribution in [-0.2, 0) is 6.54 Å². The molecule has 78 valence electrons. The van der Waals surface area contributed by atoms with Gasteiger partial charge in [0.05, 0.1) is 12.7 Å². The zero-order chi connectivity index (χ0) is 10.5. The van der Waals surface area contributed by atoms with Crippen LogP contribution in [0.15, 0.2) is 47.3 Å². The van der Waals surface area contributed by atoms with E-state index in [0.717, 1.165) is 5.76 Å². The summed E-state index contributed by atoms with van der Waals surface area (Å²) in [4.78, 5) is 3.87. The van der Waals surface area contributed by atoms with Crippen molar-refractivity contribution in [3.63, 3.8) is 0 Å². The van der Waals surface area contributed by atoms with Crippen LogP contribution in [0, 0.1) is 0 Å². The highest BCUT2D eigenvalue weighted by atomic mass is 16.3. The highest BCUT2D eigenvalue weighted by molar-refractivity contribution is 5.18. The smallest absolute Gasteiger partial charge is 0.180 e. The second-order valence-electron chi connectivity index (χ2n) is 3.48. The minimum atomic E-state index is 0.316. The van der Waals surface area contributed by atoms with E-state index in [0.29, 0.717) is 12.6 Å². The van der Waals surface area contributed by atoms with E-state index in [2.05, 4.69) is 29.4 Å². The monoisotopic (exact) mass is 202 g/mol. The molecule has 1 heterocycles. The van der Waals surface area contributed by atoms with E-state index in [4.69, 9.17) is 4.42 Å². The summed E-state index contributed by atoms with van der Waals surface area (Å²) in [5.41, 5.74) is 1.28. The van der Waals surface area contributed by atoms with Crippen molar-refractivity contribution in [2.45, 2.75) is 19.5 Å². The molecule has 0 amide bonds. The average Bonchev–Trinajstić information content (AvgIpc) is 2.80. The predicted molar refractivity (Wildman–Crippen MR) is 58.2 cm³/mol. The Labute approximate surface area is 89.1 Å². The molecule has 0 bridgehead atoms. The Morgan fingerprint density at radius 1 is 1.33 bits per heavy atom. The first-order chi connectivity index (χ1) is 7.36. The molecule has 1 aromatic carbocycles. The molecule has 0 aliphatic carbocycles. The maximum absolute atomic E-state index is 5.15. The molecule has 3 heteroatoms. The van der Waals surface area contributed by atoms with Gasteiger partial charge in [-0.15, -0.1) is 0 Å². The van der Waals surface area contributed by atoms with E-state index in [1.807, 2.05) is 18.2 Å². The van der Waals surface area contributed by atoms with E-state index in [-0.39, 0.29) is 0 Å². The molecular formula is C12H14N2O. The lowest BCUT2D eigenvalue weighted by Crippen LogP contribution is -2.17. The maximum atomic E-state index is 5.15. The molecule has 0 aliphatic heterocycles. The van der Waals surface area contributed by atoms with Gasteiger partial charge in [0.2, 0.25) is 0 Å². The van der Waals surface area contributed by atoms with Gasteiger partial charge >= 0.3 is 0 Å². The van der Waals surface area contributed by atoms with Gasteiger partial charge in [0.1, 0.15) is 5.76 Å². The fraction of sp³-hybridized carbons (Fsp3) is 0.250. The maximum Gasteiger partial charge on any atom is 0.180 e. The zero-order valence-corrected chi connectivity index (χ0v) is 8.68. The third kappa shape index (κ3) is 2.67. The fourth-order valence-corrected chi connectivity index (χ4v) is 1.44. The Kier molecular flexibility index (Phi) is 3.15. The molecule has 1 N–H and O–H groups in total. The van der Waals surface area contributed by atoms with Crippen molar-refractivity contribution in [1.29, 1.82) is 0 Å². The zero-order valence-electron chi connectivity index (χ0n) is 8.68. The summed E-state index contributed by atoms with van der Waals surface area (Å²) in [6.45, 7) is 2.84. The first-order valence-corrected chi connectivity index (χ1v) is 5.02. The second-order valence-corrected chi connectivity index (χ2v) is 3.48. The van der Waals surface area contributed by atoms with Crippen molar-refractivity contribution < 1.29 is 4.42 Å². The molecule has 2 aromatic rings. The van der Waals surface area contributed by atoms with Crippen LogP contribution in [0.3, 0.4) is 0 Å². The molecule has 1 atom stereocenters. The summed E-state index contributed by atoms with van der Waals surface area (Å²) < 4.78 is 5.15. The van der Waals surface area contributed by atoms with Crippen LogP contribution in [0.4, 0.5) is 0 Å². The van der Waals surface area contributed by atoms with Crippen molar-refractivity contribution in [3.8, 4) is 0 Å². The summed E-state index contributed by atoms with van der Waals surface area (Å²) in [5, 5.41) is 3.37. The van der Waals surface area contributed by atoms with E-state index >= 15 is 0 Å². The van der Waals surface area contributed by atoms with Crippen LogP contribution in [0.5, 0.6) is 0 Å². The lowest BCUT2D eigenvalue weighted by molar-refractivity contribution is 0.458. The molecular weight excluding hydrogens is 188 g/mol. The molecule has 0 saturated heterocycles. The number of benzene rings is 1. The third-order valence-electron chi connectivity index (χ3n) is 2.37. The van der Waals surface area contributed by atoms with Crippen LogP contribution in [0.25, 0.3) is 0 Å². The van der Waals surface area contributed by atoms with Crippen LogP contribution in [-0.4, -0.2) is 4.98 Å². The van der Waals surface area contributed by atoms with Crippen LogP contribution >= 0.6 is 0 Å². The first kappa shape index (κ1) is 9.93. The molecule has 0 aliphatic rings. The molecule has 0 fully saturated rings. The van der Waals surface area contributed by atoms with Gasteiger partial charge in [-0.3, -0.25) is 0 Å². The summed E-state index contributed by atoms with van der Waals surface area (Å²) in [5.74, 6) is 0.859. The van der Waals surface area contributed by atoms with Crippen LogP contribution in [0.2, 0.25) is 0 Å². The predicted octanol–water partition coefficient (Wildman–Crippen LogP) is 2.53. The minimum absolute atomic E-state index is 0.316. The van der Waals surface area contributed by atoms with Crippen molar-refractivity contribution in [2.24, 2.45) is 0 Å². The van der Waals surface area contributed by atoms with Crippen molar-refractivity contribution in [1.82, 2.24) is 10.3 Å². The summed E-state index contributed by atoms with van der Waals surface area (Å²) in [6.07, 6.45) is 3.18. The Hall–Kier alpha value is -1.61. The van der Waals surface area contributed by atoms with E-state index < -0.39 is 0 Å². The van der Waals surface area contributed by atoms with E-state index in [9.17, 15) is 0 Å². The van der Waals surface area contributed by atoms with Gasteiger partial charge in [-0.05, 0) is 12.5 Å². The lowest BCUT2D eigenvalue weighted by Gasteiger charge is -2.12. The topological polar surface area (TPSA) is 38.1 Å². The molecule has 15 heavy (non-hydrogen) atoms. The van der Waals surface area contributed by atoms with E-state index in [1.165, 1.54) is 12.0 Å². The number of nitrogens with one attached hydrogen (secondary N) is 1. The molecule has 0 saturated carbocycles. The highest BCUT2D eigenvalue weighted by Gasteiger charge is 2.04. The Bertz CT molecular complexity index is 383. The van der Waals surface area contributed by atoms with Crippen LogP contribution in [0.1, 0.15) is 24.3 Å².